The van der Waals surface area contributed by atoms with Crippen molar-refractivity contribution in [2.75, 3.05) is 6.54 Å². The molecule has 0 amide bonds. The Bertz CT molecular complexity index is 465. The summed E-state index contributed by atoms with van der Waals surface area (Å²) in [4.78, 5) is 5.61. The van der Waals surface area contributed by atoms with E-state index in [9.17, 15) is 0 Å². The van der Waals surface area contributed by atoms with Gasteiger partial charge in [-0.15, -0.1) is 11.3 Å². The maximum atomic E-state index is 4.18. The first-order valence-corrected chi connectivity index (χ1v) is 7.35. The molecule has 18 heavy (non-hydrogen) atoms. The van der Waals surface area contributed by atoms with Crippen LogP contribution < -0.4 is 5.32 Å². The van der Waals surface area contributed by atoms with E-state index in [0.717, 1.165) is 19.4 Å². The Balaban J connectivity index is 2.16. The average Bonchev–Trinajstić information content (AvgIpc) is 2.88. The van der Waals surface area contributed by atoms with Crippen LogP contribution in [0, 0.1) is 6.92 Å². The van der Waals surface area contributed by atoms with Crippen molar-refractivity contribution in [3.63, 3.8) is 0 Å². The van der Waals surface area contributed by atoms with Gasteiger partial charge in [-0.1, -0.05) is 13.0 Å². The van der Waals surface area contributed by atoms with Crippen LogP contribution in [0.5, 0.6) is 0 Å². The normalized spacial score (nSPS) is 12.6. The Kier molecular flexibility index (Phi) is 4.90. The topological polar surface area (TPSA) is 24.9 Å². The van der Waals surface area contributed by atoms with E-state index in [2.05, 4.69) is 47.7 Å². The number of aryl methyl sites for hydroxylation is 1. The Labute approximate surface area is 113 Å². The van der Waals surface area contributed by atoms with Gasteiger partial charge < -0.3 is 5.32 Å². The SMILES string of the molecule is CCCNC(Cc1cccs1)c1ccncc1C. The zero-order chi connectivity index (χ0) is 12.8. The van der Waals surface area contributed by atoms with Gasteiger partial charge in [0.05, 0.1) is 0 Å². The van der Waals surface area contributed by atoms with Crippen LogP contribution in [0.2, 0.25) is 0 Å². The molecule has 96 valence electrons. The van der Waals surface area contributed by atoms with Crippen molar-refractivity contribution in [2.24, 2.45) is 0 Å². The summed E-state index contributed by atoms with van der Waals surface area (Å²) < 4.78 is 0. The molecule has 0 aromatic carbocycles. The van der Waals surface area contributed by atoms with Crippen molar-refractivity contribution in [3.05, 3.63) is 52.0 Å². The predicted octanol–water partition coefficient (Wildman–Crippen LogP) is 3.73. The lowest BCUT2D eigenvalue weighted by atomic mass is 10.00. The maximum Gasteiger partial charge on any atom is 0.0372 e. The highest BCUT2D eigenvalue weighted by molar-refractivity contribution is 7.09. The summed E-state index contributed by atoms with van der Waals surface area (Å²) in [5.74, 6) is 0. The first-order valence-electron chi connectivity index (χ1n) is 6.47. The quantitative estimate of drug-likeness (QED) is 0.856. The van der Waals surface area contributed by atoms with Crippen LogP contribution in [0.25, 0.3) is 0 Å². The minimum Gasteiger partial charge on any atom is -0.310 e. The minimum absolute atomic E-state index is 0.395. The first-order chi connectivity index (χ1) is 8.81. The molecular formula is C15H20N2S. The van der Waals surface area contributed by atoms with Crippen LogP contribution >= 0.6 is 11.3 Å². The van der Waals surface area contributed by atoms with Crippen molar-refractivity contribution in [2.45, 2.75) is 32.7 Å². The van der Waals surface area contributed by atoms with Crippen molar-refractivity contribution in [1.82, 2.24) is 10.3 Å². The standard InChI is InChI=1S/C15H20N2S/c1-3-7-17-15(10-13-5-4-9-18-13)14-6-8-16-11-12(14)2/h4-6,8-9,11,15,17H,3,7,10H2,1-2H3. The van der Waals surface area contributed by atoms with Crippen LogP contribution in [-0.2, 0) is 6.42 Å². The molecule has 0 saturated carbocycles. The molecular weight excluding hydrogens is 240 g/mol. The molecule has 0 radical (unpaired) electrons. The molecule has 0 aliphatic heterocycles. The number of rotatable bonds is 6. The molecule has 2 heterocycles. The van der Waals surface area contributed by atoms with Gasteiger partial charge in [-0.3, -0.25) is 4.98 Å². The van der Waals surface area contributed by atoms with E-state index in [1.54, 1.807) is 0 Å². The Morgan fingerprint density at radius 1 is 1.39 bits per heavy atom. The van der Waals surface area contributed by atoms with Crippen molar-refractivity contribution in [1.29, 1.82) is 0 Å². The van der Waals surface area contributed by atoms with E-state index in [4.69, 9.17) is 0 Å². The van der Waals surface area contributed by atoms with Crippen molar-refractivity contribution >= 4 is 11.3 Å². The Morgan fingerprint density at radius 3 is 2.94 bits per heavy atom. The number of thiophene rings is 1. The summed E-state index contributed by atoms with van der Waals surface area (Å²) in [7, 11) is 0. The second kappa shape index (κ2) is 6.66. The third-order valence-corrected chi connectivity index (χ3v) is 3.96. The van der Waals surface area contributed by atoms with E-state index in [-0.39, 0.29) is 0 Å². The number of hydrogen-bond donors (Lipinski definition) is 1. The lowest BCUT2D eigenvalue weighted by Crippen LogP contribution is -2.24. The van der Waals surface area contributed by atoms with E-state index in [1.807, 2.05) is 23.7 Å². The second-order valence-electron chi connectivity index (χ2n) is 4.52. The van der Waals surface area contributed by atoms with Gasteiger partial charge in [-0.25, -0.2) is 0 Å². The molecule has 1 atom stereocenters. The highest BCUT2D eigenvalue weighted by Gasteiger charge is 2.14. The average molecular weight is 260 g/mol. The molecule has 3 heteroatoms. The highest BCUT2D eigenvalue weighted by atomic mass is 32.1. The fraction of sp³-hybridized carbons (Fsp3) is 0.400. The van der Waals surface area contributed by atoms with Gasteiger partial charge in [0.15, 0.2) is 0 Å². The molecule has 0 fully saturated rings. The van der Waals surface area contributed by atoms with E-state index >= 15 is 0 Å². The zero-order valence-electron chi connectivity index (χ0n) is 11.0. The van der Waals surface area contributed by atoms with Gasteiger partial charge in [-0.2, -0.15) is 0 Å². The molecule has 2 aromatic rings. The van der Waals surface area contributed by atoms with E-state index in [0.29, 0.717) is 6.04 Å². The summed E-state index contributed by atoms with van der Waals surface area (Å²) in [5.41, 5.74) is 2.63. The lowest BCUT2D eigenvalue weighted by Gasteiger charge is -2.20. The summed E-state index contributed by atoms with van der Waals surface area (Å²) in [5, 5.41) is 5.79. The molecule has 1 N–H and O–H groups in total. The van der Waals surface area contributed by atoms with Gasteiger partial charge in [-0.05, 0) is 48.5 Å². The highest BCUT2D eigenvalue weighted by Crippen LogP contribution is 2.23. The van der Waals surface area contributed by atoms with Crippen LogP contribution in [0.4, 0.5) is 0 Å². The summed E-state index contributed by atoms with van der Waals surface area (Å²) >= 11 is 1.83. The number of nitrogens with zero attached hydrogens (tertiary/aromatic N) is 1. The molecule has 2 aromatic heterocycles. The Hall–Kier alpha value is -1.19. The number of pyridine rings is 1. The van der Waals surface area contributed by atoms with Gasteiger partial charge in [0.1, 0.15) is 0 Å². The molecule has 2 nitrogen and oxygen atoms in total. The minimum atomic E-state index is 0.395. The van der Waals surface area contributed by atoms with Gasteiger partial charge >= 0.3 is 0 Å². The molecule has 0 saturated heterocycles. The smallest absolute Gasteiger partial charge is 0.0372 e. The molecule has 0 aliphatic rings. The second-order valence-corrected chi connectivity index (χ2v) is 5.55. The van der Waals surface area contributed by atoms with Crippen LogP contribution in [0.1, 0.15) is 35.4 Å². The van der Waals surface area contributed by atoms with E-state index < -0.39 is 0 Å². The van der Waals surface area contributed by atoms with Crippen LogP contribution in [0.3, 0.4) is 0 Å². The maximum absolute atomic E-state index is 4.18. The van der Waals surface area contributed by atoms with Crippen molar-refractivity contribution in [3.8, 4) is 0 Å². The summed E-state index contributed by atoms with van der Waals surface area (Å²) in [6.45, 7) is 5.39. The van der Waals surface area contributed by atoms with Crippen LogP contribution in [-0.4, -0.2) is 11.5 Å². The molecule has 0 bridgehead atoms. The summed E-state index contributed by atoms with van der Waals surface area (Å²) in [6, 6.07) is 6.86. The third-order valence-electron chi connectivity index (χ3n) is 3.07. The largest absolute Gasteiger partial charge is 0.310 e. The molecule has 0 spiro atoms. The number of hydrogen-bond acceptors (Lipinski definition) is 3. The number of nitrogens with one attached hydrogen (secondary N) is 1. The fourth-order valence-corrected chi connectivity index (χ4v) is 2.87. The predicted molar refractivity (Wildman–Crippen MR) is 78.0 cm³/mol. The van der Waals surface area contributed by atoms with Crippen molar-refractivity contribution < 1.29 is 0 Å². The lowest BCUT2D eigenvalue weighted by molar-refractivity contribution is 0.529. The van der Waals surface area contributed by atoms with Crippen LogP contribution in [0.15, 0.2) is 36.0 Å². The summed E-state index contributed by atoms with van der Waals surface area (Å²) in [6.07, 6.45) is 6.05. The van der Waals surface area contributed by atoms with Gasteiger partial charge in [0.25, 0.3) is 0 Å². The molecule has 2 rings (SSSR count). The van der Waals surface area contributed by atoms with Gasteiger partial charge in [0.2, 0.25) is 0 Å². The molecule has 1 unspecified atom stereocenters. The number of aromatic nitrogens is 1. The Morgan fingerprint density at radius 2 is 2.28 bits per heavy atom. The fourth-order valence-electron chi connectivity index (χ4n) is 2.12. The molecule has 0 aliphatic carbocycles. The first kappa shape index (κ1) is 13.2. The van der Waals surface area contributed by atoms with E-state index in [1.165, 1.54) is 16.0 Å². The monoisotopic (exact) mass is 260 g/mol. The third kappa shape index (κ3) is 3.40. The van der Waals surface area contributed by atoms with Gasteiger partial charge in [0, 0.05) is 29.7 Å². The zero-order valence-corrected chi connectivity index (χ0v) is 11.8.